The molecule has 0 atom stereocenters. The van der Waals surface area contributed by atoms with Crippen molar-refractivity contribution in [2.75, 3.05) is 12.0 Å². The van der Waals surface area contributed by atoms with E-state index in [2.05, 4.69) is 10.0 Å². The Bertz CT molecular complexity index is 487. The zero-order chi connectivity index (χ0) is 12.0. The highest BCUT2D eigenvalue weighted by Crippen LogP contribution is 2.07. The molecule has 0 aliphatic carbocycles. The number of hydrogen-bond donors (Lipinski definition) is 0. The molecule has 0 saturated carbocycles. The number of sulfone groups is 1. The van der Waals surface area contributed by atoms with E-state index in [1.165, 1.54) is 6.26 Å². The molecule has 16 heavy (non-hydrogen) atoms. The minimum atomic E-state index is -2.91. The van der Waals surface area contributed by atoms with Crippen LogP contribution in [0.5, 0.6) is 0 Å². The van der Waals surface area contributed by atoms with E-state index in [1.54, 1.807) is 0 Å². The van der Waals surface area contributed by atoms with Crippen molar-refractivity contribution in [2.45, 2.75) is 13.0 Å². The van der Waals surface area contributed by atoms with Crippen LogP contribution < -0.4 is 0 Å². The van der Waals surface area contributed by atoms with Crippen LogP contribution in [0.25, 0.3) is 10.4 Å². The van der Waals surface area contributed by atoms with Crippen molar-refractivity contribution in [3.05, 3.63) is 45.8 Å². The Morgan fingerprint density at radius 2 is 1.81 bits per heavy atom. The van der Waals surface area contributed by atoms with E-state index in [-0.39, 0.29) is 5.75 Å². The van der Waals surface area contributed by atoms with Crippen molar-refractivity contribution in [1.29, 1.82) is 0 Å². The van der Waals surface area contributed by atoms with Gasteiger partial charge in [0.15, 0.2) is 0 Å². The van der Waals surface area contributed by atoms with Gasteiger partial charge in [0.05, 0.1) is 12.3 Å². The van der Waals surface area contributed by atoms with Gasteiger partial charge in [0.2, 0.25) is 0 Å². The molecule has 0 amide bonds. The molecule has 0 spiro atoms. The molecule has 0 bridgehead atoms. The van der Waals surface area contributed by atoms with Crippen LogP contribution in [0.3, 0.4) is 0 Å². The van der Waals surface area contributed by atoms with E-state index in [4.69, 9.17) is 5.53 Å². The lowest BCUT2D eigenvalue weighted by atomic mass is 10.1. The number of aryl methyl sites for hydroxylation is 1. The van der Waals surface area contributed by atoms with E-state index < -0.39 is 9.84 Å². The van der Waals surface area contributed by atoms with Crippen molar-refractivity contribution >= 4 is 9.84 Å². The molecular formula is C10H13N3O2S. The average Bonchev–Trinajstić information content (AvgIpc) is 2.24. The van der Waals surface area contributed by atoms with Crippen LogP contribution in [0.15, 0.2) is 29.4 Å². The Labute approximate surface area is 94.7 Å². The van der Waals surface area contributed by atoms with Crippen LogP contribution >= 0.6 is 0 Å². The van der Waals surface area contributed by atoms with Gasteiger partial charge in [-0.05, 0) is 23.1 Å². The van der Waals surface area contributed by atoms with Crippen LogP contribution in [0.1, 0.15) is 11.1 Å². The van der Waals surface area contributed by atoms with E-state index in [0.29, 0.717) is 13.0 Å². The van der Waals surface area contributed by atoms with Gasteiger partial charge in [-0.1, -0.05) is 29.4 Å². The summed E-state index contributed by atoms with van der Waals surface area (Å²) in [6.07, 6.45) is 1.74. The molecule has 1 aromatic rings. The van der Waals surface area contributed by atoms with Crippen LogP contribution in [0, 0.1) is 0 Å². The zero-order valence-corrected chi connectivity index (χ0v) is 9.81. The summed E-state index contributed by atoms with van der Waals surface area (Å²) >= 11 is 0. The zero-order valence-electron chi connectivity index (χ0n) is 9.00. The minimum Gasteiger partial charge on any atom is -0.229 e. The highest BCUT2D eigenvalue weighted by atomic mass is 32.2. The van der Waals surface area contributed by atoms with E-state index >= 15 is 0 Å². The van der Waals surface area contributed by atoms with Gasteiger partial charge in [0, 0.05) is 11.2 Å². The molecule has 0 aliphatic heterocycles. The molecule has 0 N–H and O–H groups in total. The molecule has 0 heterocycles. The second kappa shape index (κ2) is 5.53. The first kappa shape index (κ1) is 12.5. The first-order valence-corrected chi connectivity index (χ1v) is 6.84. The van der Waals surface area contributed by atoms with Crippen molar-refractivity contribution in [2.24, 2.45) is 5.11 Å². The number of benzene rings is 1. The Morgan fingerprint density at radius 3 is 2.31 bits per heavy atom. The number of hydrogen-bond acceptors (Lipinski definition) is 3. The fraction of sp³-hybridized carbons (Fsp3) is 0.400. The van der Waals surface area contributed by atoms with Crippen molar-refractivity contribution in [3.8, 4) is 0 Å². The summed E-state index contributed by atoms with van der Waals surface area (Å²) in [7, 11) is -2.91. The topological polar surface area (TPSA) is 82.9 Å². The standard InChI is InChI=1S/C10H13N3O2S/c1-16(14,15)7-6-9-2-4-10(5-3-9)8-12-13-11/h2-5H,6-8H2,1H3. The molecule has 1 aromatic carbocycles. The molecule has 0 aliphatic rings. The lowest BCUT2D eigenvalue weighted by molar-refractivity contribution is 0.601. The second-order valence-corrected chi connectivity index (χ2v) is 5.85. The molecule has 0 saturated heterocycles. The second-order valence-electron chi connectivity index (χ2n) is 3.59. The average molecular weight is 239 g/mol. The van der Waals surface area contributed by atoms with Gasteiger partial charge in [-0.15, -0.1) is 0 Å². The Morgan fingerprint density at radius 1 is 1.25 bits per heavy atom. The minimum absolute atomic E-state index is 0.155. The van der Waals surface area contributed by atoms with Crippen molar-refractivity contribution in [3.63, 3.8) is 0 Å². The van der Waals surface area contributed by atoms with Gasteiger partial charge < -0.3 is 0 Å². The molecule has 0 unspecified atom stereocenters. The van der Waals surface area contributed by atoms with Gasteiger partial charge >= 0.3 is 0 Å². The molecule has 86 valence electrons. The summed E-state index contributed by atoms with van der Waals surface area (Å²) in [5.74, 6) is 0.155. The Kier molecular flexibility index (Phi) is 4.34. The third-order valence-electron chi connectivity index (χ3n) is 2.10. The van der Waals surface area contributed by atoms with Gasteiger partial charge in [-0.2, -0.15) is 0 Å². The highest BCUT2D eigenvalue weighted by molar-refractivity contribution is 7.90. The van der Waals surface area contributed by atoms with Crippen LogP contribution in [0.2, 0.25) is 0 Å². The summed E-state index contributed by atoms with van der Waals surface area (Å²) in [6, 6.07) is 7.39. The number of nitrogens with zero attached hydrogens (tertiary/aromatic N) is 3. The third-order valence-corrected chi connectivity index (χ3v) is 3.05. The summed E-state index contributed by atoms with van der Waals surface area (Å²) in [4.78, 5) is 2.67. The Hall–Kier alpha value is -1.52. The number of rotatable bonds is 5. The van der Waals surface area contributed by atoms with Crippen molar-refractivity contribution in [1.82, 2.24) is 0 Å². The smallest absolute Gasteiger partial charge is 0.147 e. The Balaban J connectivity index is 2.61. The number of azide groups is 1. The molecule has 0 radical (unpaired) electrons. The fourth-order valence-corrected chi connectivity index (χ4v) is 1.83. The maximum atomic E-state index is 11.0. The maximum Gasteiger partial charge on any atom is 0.147 e. The van der Waals surface area contributed by atoms with E-state index in [1.807, 2.05) is 24.3 Å². The van der Waals surface area contributed by atoms with E-state index in [9.17, 15) is 8.42 Å². The predicted octanol–water partition coefficient (Wildman–Crippen LogP) is 2.08. The molecule has 1 rings (SSSR count). The lowest BCUT2D eigenvalue weighted by Crippen LogP contribution is -2.05. The first-order valence-electron chi connectivity index (χ1n) is 4.77. The summed E-state index contributed by atoms with van der Waals surface area (Å²) in [5, 5.41) is 3.44. The lowest BCUT2D eigenvalue weighted by Gasteiger charge is -2.01. The van der Waals surface area contributed by atoms with Crippen LogP contribution in [0.4, 0.5) is 0 Å². The molecule has 0 fully saturated rings. The molecule has 5 nitrogen and oxygen atoms in total. The summed E-state index contributed by atoms with van der Waals surface area (Å²) < 4.78 is 21.9. The normalized spacial score (nSPS) is 10.8. The molecular weight excluding hydrogens is 226 g/mol. The van der Waals surface area contributed by atoms with Crippen LogP contribution in [-0.4, -0.2) is 20.4 Å². The van der Waals surface area contributed by atoms with Gasteiger partial charge in [-0.3, -0.25) is 0 Å². The maximum absolute atomic E-state index is 11.0. The summed E-state index contributed by atoms with van der Waals surface area (Å²) in [5.41, 5.74) is 10.0. The monoisotopic (exact) mass is 239 g/mol. The van der Waals surface area contributed by atoms with E-state index in [0.717, 1.165) is 11.1 Å². The largest absolute Gasteiger partial charge is 0.229 e. The molecule has 0 aromatic heterocycles. The van der Waals surface area contributed by atoms with Crippen molar-refractivity contribution < 1.29 is 8.42 Å². The summed E-state index contributed by atoms with van der Waals surface area (Å²) in [6.45, 7) is 0.322. The van der Waals surface area contributed by atoms with Gasteiger partial charge in [-0.25, -0.2) is 8.42 Å². The van der Waals surface area contributed by atoms with Crippen LogP contribution in [-0.2, 0) is 22.8 Å². The molecule has 6 heteroatoms. The van der Waals surface area contributed by atoms with Gasteiger partial charge in [0.1, 0.15) is 9.84 Å². The first-order chi connectivity index (χ1) is 7.51. The fourth-order valence-electron chi connectivity index (χ4n) is 1.23. The SMILES string of the molecule is CS(=O)(=O)CCc1ccc(CN=[N+]=[N-])cc1. The predicted molar refractivity (Wildman–Crippen MR) is 62.7 cm³/mol. The highest BCUT2D eigenvalue weighted by Gasteiger charge is 2.02. The van der Waals surface area contributed by atoms with Gasteiger partial charge in [0.25, 0.3) is 0 Å². The third kappa shape index (κ3) is 4.82. The quantitative estimate of drug-likeness (QED) is 0.447.